The molecule has 27 heavy (non-hydrogen) atoms. The van der Waals surface area contributed by atoms with E-state index in [0.717, 1.165) is 16.7 Å². The molecule has 0 fully saturated rings. The van der Waals surface area contributed by atoms with E-state index < -0.39 is 5.97 Å². The average molecular weight is 359 g/mol. The van der Waals surface area contributed by atoms with Gasteiger partial charge >= 0.3 is 5.97 Å². The van der Waals surface area contributed by atoms with Crippen LogP contribution in [0.25, 0.3) is 17.5 Å². The summed E-state index contributed by atoms with van der Waals surface area (Å²) in [5.41, 5.74) is 4.65. The van der Waals surface area contributed by atoms with E-state index in [1.807, 2.05) is 38.1 Å². The van der Waals surface area contributed by atoms with Gasteiger partial charge in [0.2, 0.25) is 0 Å². The number of aromatic nitrogens is 1. The van der Waals surface area contributed by atoms with Crippen LogP contribution in [-0.2, 0) is 9.53 Å². The van der Waals surface area contributed by atoms with Crippen molar-refractivity contribution in [3.05, 3.63) is 101 Å². The van der Waals surface area contributed by atoms with Gasteiger partial charge in [-0.1, -0.05) is 35.9 Å². The number of carbonyl (C=O) groups excluding carboxylic acids is 1. The fourth-order valence-corrected chi connectivity index (χ4v) is 3.25. The molecular weight excluding hydrogens is 341 g/mol. The summed E-state index contributed by atoms with van der Waals surface area (Å²) in [5, 5.41) is 0. The summed E-state index contributed by atoms with van der Waals surface area (Å²) in [4.78, 5) is 12.4. The predicted octanol–water partition coefficient (Wildman–Crippen LogP) is 5.21. The van der Waals surface area contributed by atoms with Gasteiger partial charge in [0.25, 0.3) is 0 Å². The summed E-state index contributed by atoms with van der Waals surface area (Å²) in [7, 11) is 0. The van der Waals surface area contributed by atoms with Crippen LogP contribution in [0, 0.1) is 19.7 Å². The van der Waals surface area contributed by atoms with E-state index in [1.165, 1.54) is 6.07 Å². The molecule has 3 nitrogen and oxygen atoms in total. The first-order valence-corrected chi connectivity index (χ1v) is 8.68. The van der Waals surface area contributed by atoms with E-state index in [1.54, 1.807) is 41.1 Å². The molecule has 0 N–H and O–H groups in total. The summed E-state index contributed by atoms with van der Waals surface area (Å²) in [6.07, 6.45) is 5.21. The Morgan fingerprint density at radius 1 is 1.04 bits per heavy atom. The van der Waals surface area contributed by atoms with E-state index >= 15 is 0 Å². The third-order valence-corrected chi connectivity index (χ3v) is 4.57. The standard InChI is InChI=1S/C23H18FNO2/c1-15-9-10-19(16(2)12-15)22-14-17(23(26)27-22)13-18-6-5-11-25(18)21-8-4-3-7-20(21)24/h3-14H,1-2H3/b17-13+. The maximum absolute atomic E-state index is 14.1. The third kappa shape index (κ3) is 3.22. The van der Waals surface area contributed by atoms with Crippen LogP contribution in [-0.4, -0.2) is 10.5 Å². The van der Waals surface area contributed by atoms with Gasteiger partial charge in [0, 0.05) is 17.5 Å². The number of esters is 1. The summed E-state index contributed by atoms with van der Waals surface area (Å²) in [6.45, 7) is 4.01. The van der Waals surface area contributed by atoms with Crippen molar-refractivity contribution in [3.63, 3.8) is 0 Å². The zero-order valence-electron chi connectivity index (χ0n) is 15.1. The molecule has 0 atom stereocenters. The van der Waals surface area contributed by atoms with Crippen LogP contribution in [0.5, 0.6) is 0 Å². The summed E-state index contributed by atoms with van der Waals surface area (Å²) < 4.78 is 21.3. The van der Waals surface area contributed by atoms with Crippen LogP contribution in [0.1, 0.15) is 22.4 Å². The van der Waals surface area contributed by atoms with E-state index in [2.05, 4.69) is 6.07 Å². The predicted molar refractivity (Wildman–Crippen MR) is 104 cm³/mol. The van der Waals surface area contributed by atoms with Crippen molar-refractivity contribution in [1.82, 2.24) is 4.57 Å². The zero-order valence-corrected chi connectivity index (χ0v) is 15.1. The Morgan fingerprint density at radius 3 is 2.63 bits per heavy atom. The number of aryl methyl sites for hydroxylation is 2. The van der Waals surface area contributed by atoms with Crippen LogP contribution in [0.4, 0.5) is 4.39 Å². The van der Waals surface area contributed by atoms with Crippen molar-refractivity contribution in [3.8, 4) is 5.69 Å². The van der Waals surface area contributed by atoms with E-state index in [4.69, 9.17) is 4.74 Å². The lowest BCUT2D eigenvalue weighted by Crippen LogP contribution is -2.01. The minimum absolute atomic E-state index is 0.325. The maximum atomic E-state index is 14.1. The molecule has 2 aromatic carbocycles. The van der Waals surface area contributed by atoms with Crippen molar-refractivity contribution in [2.75, 3.05) is 0 Å². The van der Waals surface area contributed by atoms with Gasteiger partial charge in [-0.2, -0.15) is 0 Å². The van der Waals surface area contributed by atoms with Gasteiger partial charge in [-0.25, -0.2) is 9.18 Å². The number of para-hydroxylation sites is 1. The van der Waals surface area contributed by atoms with Crippen LogP contribution in [0.15, 0.2) is 72.4 Å². The number of nitrogens with zero attached hydrogens (tertiary/aromatic N) is 1. The minimum Gasteiger partial charge on any atom is -0.422 e. The van der Waals surface area contributed by atoms with E-state index in [9.17, 15) is 9.18 Å². The van der Waals surface area contributed by atoms with Crippen LogP contribution < -0.4 is 0 Å². The average Bonchev–Trinajstić information content (AvgIpc) is 3.23. The molecule has 4 rings (SSSR count). The van der Waals surface area contributed by atoms with E-state index in [0.29, 0.717) is 22.7 Å². The molecule has 0 amide bonds. The largest absolute Gasteiger partial charge is 0.422 e. The molecule has 1 aliphatic heterocycles. The Morgan fingerprint density at radius 2 is 1.85 bits per heavy atom. The molecule has 0 unspecified atom stereocenters. The summed E-state index contributed by atoms with van der Waals surface area (Å²) >= 11 is 0. The van der Waals surface area contributed by atoms with Crippen molar-refractivity contribution in [2.45, 2.75) is 13.8 Å². The molecule has 0 aliphatic carbocycles. The van der Waals surface area contributed by atoms with Gasteiger partial charge in [0.05, 0.1) is 11.3 Å². The molecule has 134 valence electrons. The molecule has 2 heterocycles. The Kier molecular flexibility index (Phi) is 4.24. The second-order valence-corrected chi connectivity index (χ2v) is 6.57. The highest BCUT2D eigenvalue weighted by molar-refractivity contribution is 6.05. The number of carbonyl (C=O) groups is 1. The Balaban J connectivity index is 1.73. The minimum atomic E-state index is -0.411. The number of ether oxygens (including phenoxy) is 1. The highest BCUT2D eigenvalue weighted by Gasteiger charge is 2.23. The molecule has 0 saturated carbocycles. The molecule has 4 heteroatoms. The van der Waals surface area contributed by atoms with Gasteiger partial charge in [-0.15, -0.1) is 0 Å². The van der Waals surface area contributed by atoms with Crippen molar-refractivity contribution in [1.29, 1.82) is 0 Å². The topological polar surface area (TPSA) is 31.2 Å². The Hall–Kier alpha value is -3.40. The normalized spacial score (nSPS) is 15.1. The van der Waals surface area contributed by atoms with Crippen LogP contribution >= 0.6 is 0 Å². The van der Waals surface area contributed by atoms with Crippen LogP contribution in [0.3, 0.4) is 0 Å². The first-order chi connectivity index (χ1) is 13.0. The lowest BCUT2D eigenvalue weighted by atomic mass is 10.0. The monoisotopic (exact) mass is 359 g/mol. The van der Waals surface area contributed by atoms with Gasteiger partial charge in [0.1, 0.15) is 11.6 Å². The van der Waals surface area contributed by atoms with Gasteiger partial charge < -0.3 is 9.30 Å². The molecule has 3 aromatic rings. The first-order valence-electron chi connectivity index (χ1n) is 8.68. The molecule has 0 bridgehead atoms. The second kappa shape index (κ2) is 6.72. The molecule has 0 saturated heterocycles. The zero-order chi connectivity index (χ0) is 19.0. The lowest BCUT2D eigenvalue weighted by Gasteiger charge is -2.07. The molecule has 0 radical (unpaired) electrons. The first kappa shape index (κ1) is 17.0. The van der Waals surface area contributed by atoms with Crippen molar-refractivity contribution < 1.29 is 13.9 Å². The summed E-state index contributed by atoms with van der Waals surface area (Å²) in [6, 6.07) is 16.2. The number of cyclic esters (lactones) is 1. The lowest BCUT2D eigenvalue weighted by molar-refractivity contribution is -0.130. The number of halogens is 1. The number of hydrogen-bond donors (Lipinski definition) is 0. The highest BCUT2D eigenvalue weighted by atomic mass is 19.1. The SMILES string of the molecule is Cc1ccc(C2=C/C(=C\c3cccn3-c3ccccc3F)C(=O)O2)c(C)c1. The van der Waals surface area contributed by atoms with Gasteiger partial charge in [-0.3, -0.25) is 0 Å². The number of benzene rings is 2. The maximum Gasteiger partial charge on any atom is 0.343 e. The molecule has 1 aliphatic rings. The number of rotatable bonds is 3. The number of hydrogen-bond acceptors (Lipinski definition) is 2. The van der Waals surface area contributed by atoms with Crippen molar-refractivity contribution >= 4 is 17.8 Å². The molecular formula is C23H18FNO2. The highest BCUT2D eigenvalue weighted by Crippen LogP contribution is 2.30. The fourth-order valence-electron chi connectivity index (χ4n) is 3.25. The van der Waals surface area contributed by atoms with Crippen LogP contribution in [0.2, 0.25) is 0 Å². The quantitative estimate of drug-likeness (QED) is 0.474. The third-order valence-electron chi connectivity index (χ3n) is 4.57. The molecule has 0 spiro atoms. The fraction of sp³-hybridized carbons (Fsp3) is 0.0870. The molecule has 1 aromatic heterocycles. The Labute approximate surface area is 157 Å². The summed E-state index contributed by atoms with van der Waals surface area (Å²) in [5.74, 6) is -0.201. The van der Waals surface area contributed by atoms with Crippen molar-refractivity contribution in [2.24, 2.45) is 0 Å². The smallest absolute Gasteiger partial charge is 0.343 e. The Bertz CT molecular complexity index is 1110. The second-order valence-electron chi connectivity index (χ2n) is 6.57. The van der Waals surface area contributed by atoms with Gasteiger partial charge in [-0.05, 0) is 55.8 Å². The van der Waals surface area contributed by atoms with E-state index in [-0.39, 0.29) is 5.82 Å². The van der Waals surface area contributed by atoms with Gasteiger partial charge in [0.15, 0.2) is 0 Å².